The van der Waals surface area contributed by atoms with E-state index in [-0.39, 0.29) is 23.8 Å². The van der Waals surface area contributed by atoms with Crippen LogP contribution >= 0.6 is 0 Å². The van der Waals surface area contributed by atoms with Crippen LogP contribution < -0.4 is 4.90 Å². The van der Waals surface area contributed by atoms with Gasteiger partial charge in [0.05, 0.1) is 5.92 Å². The Balaban J connectivity index is 1.80. The Labute approximate surface area is 144 Å². The molecule has 1 atom stereocenters. The lowest BCUT2D eigenvalue weighted by atomic mass is 10.0. The predicted octanol–water partition coefficient (Wildman–Crippen LogP) is 3.30. The average molecular weight is 328 g/mol. The van der Waals surface area contributed by atoms with Gasteiger partial charge in [-0.3, -0.25) is 9.59 Å². The zero-order valence-electron chi connectivity index (χ0n) is 15.2. The molecule has 1 aromatic carbocycles. The van der Waals surface area contributed by atoms with Gasteiger partial charge in [0.15, 0.2) is 0 Å². The van der Waals surface area contributed by atoms with Gasteiger partial charge in [0, 0.05) is 31.2 Å². The number of carbonyl (C=O) groups is 2. The monoisotopic (exact) mass is 328 g/mol. The summed E-state index contributed by atoms with van der Waals surface area (Å²) in [4.78, 5) is 29.2. The van der Waals surface area contributed by atoms with Crippen molar-refractivity contribution in [3.8, 4) is 0 Å². The molecule has 1 aromatic rings. The number of likely N-dealkylation sites (tertiary alicyclic amines) is 1. The van der Waals surface area contributed by atoms with Crippen LogP contribution in [0.4, 0.5) is 5.69 Å². The fraction of sp³-hybridized carbons (Fsp3) is 0.600. The van der Waals surface area contributed by atoms with Crippen LogP contribution in [0.15, 0.2) is 18.2 Å². The van der Waals surface area contributed by atoms with Gasteiger partial charge in [-0.05, 0) is 63.6 Å². The van der Waals surface area contributed by atoms with Crippen LogP contribution in [0.2, 0.25) is 0 Å². The maximum atomic E-state index is 13.2. The molecule has 0 aromatic heterocycles. The molecule has 130 valence electrons. The standard InChI is InChI=1S/C20H28N2O2/c1-13(2)22(18-9-14(3)5-6-15(18)4)20(24)17-10-19(23)21(12-17)11-16-7-8-16/h5-6,9,13,16-17H,7-8,10-12H2,1-4H3/t17-/m0/s1. The molecular weight excluding hydrogens is 300 g/mol. The zero-order valence-corrected chi connectivity index (χ0v) is 15.2. The van der Waals surface area contributed by atoms with E-state index >= 15 is 0 Å². The number of amides is 2. The van der Waals surface area contributed by atoms with Crippen molar-refractivity contribution in [3.05, 3.63) is 29.3 Å². The Kier molecular flexibility index (Phi) is 4.66. The third-order valence-electron chi connectivity index (χ3n) is 5.12. The first kappa shape index (κ1) is 17.0. The third kappa shape index (κ3) is 3.47. The second kappa shape index (κ2) is 6.58. The van der Waals surface area contributed by atoms with E-state index in [4.69, 9.17) is 0 Å². The van der Waals surface area contributed by atoms with E-state index in [1.54, 1.807) is 0 Å². The molecule has 2 fully saturated rings. The van der Waals surface area contributed by atoms with E-state index in [0.717, 1.165) is 23.4 Å². The fourth-order valence-corrected chi connectivity index (χ4v) is 3.55. The zero-order chi connectivity index (χ0) is 17.4. The van der Waals surface area contributed by atoms with Crippen molar-refractivity contribution in [2.45, 2.75) is 53.0 Å². The van der Waals surface area contributed by atoms with Crippen LogP contribution in [0.3, 0.4) is 0 Å². The molecular formula is C20H28N2O2. The molecule has 1 saturated heterocycles. The summed E-state index contributed by atoms with van der Waals surface area (Å²) >= 11 is 0. The van der Waals surface area contributed by atoms with Crippen LogP contribution in [0, 0.1) is 25.7 Å². The lowest BCUT2D eigenvalue weighted by Gasteiger charge is -2.31. The maximum absolute atomic E-state index is 13.2. The molecule has 1 saturated carbocycles. The number of benzene rings is 1. The van der Waals surface area contributed by atoms with E-state index in [1.165, 1.54) is 12.8 Å². The number of rotatable bonds is 5. The molecule has 24 heavy (non-hydrogen) atoms. The fourth-order valence-electron chi connectivity index (χ4n) is 3.55. The highest BCUT2D eigenvalue weighted by Crippen LogP contribution is 2.33. The summed E-state index contributed by atoms with van der Waals surface area (Å²) in [6, 6.07) is 6.28. The van der Waals surface area contributed by atoms with Gasteiger partial charge in [-0.25, -0.2) is 0 Å². The summed E-state index contributed by atoms with van der Waals surface area (Å²) in [6.45, 7) is 9.59. The van der Waals surface area contributed by atoms with Crippen molar-refractivity contribution in [1.82, 2.24) is 4.90 Å². The number of carbonyl (C=O) groups excluding carboxylic acids is 2. The molecule has 4 heteroatoms. The molecule has 0 N–H and O–H groups in total. The van der Waals surface area contributed by atoms with Crippen molar-refractivity contribution >= 4 is 17.5 Å². The predicted molar refractivity (Wildman–Crippen MR) is 95.9 cm³/mol. The topological polar surface area (TPSA) is 40.6 Å². The van der Waals surface area contributed by atoms with E-state index < -0.39 is 0 Å². The summed E-state index contributed by atoms with van der Waals surface area (Å²) in [6.07, 6.45) is 2.81. The molecule has 0 bridgehead atoms. The van der Waals surface area contributed by atoms with E-state index in [1.807, 2.05) is 37.5 Å². The second-order valence-corrected chi connectivity index (χ2v) is 7.74. The van der Waals surface area contributed by atoms with Crippen molar-refractivity contribution in [2.24, 2.45) is 11.8 Å². The van der Waals surface area contributed by atoms with Gasteiger partial charge >= 0.3 is 0 Å². The minimum absolute atomic E-state index is 0.0746. The number of aryl methyl sites for hydroxylation is 2. The van der Waals surface area contributed by atoms with Gasteiger partial charge in [0.25, 0.3) is 0 Å². The second-order valence-electron chi connectivity index (χ2n) is 7.74. The van der Waals surface area contributed by atoms with Crippen LogP contribution in [0.5, 0.6) is 0 Å². The first-order chi connectivity index (χ1) is 11.4. The quantitative estimate of drug-likeness (QED) is 0.832. The highest BCUT2D eigenvalue weighted by molar-refractivity contribution is 6.00. The molecule has 1 heterocycles. The van der Waals surface area contributed by atoms with Gasteiger partial charge in [-0.1, -0.05) is 12.1 Å². The summed E-state index contributed by atoms with van der Waals surface area (Å²) in [5.74, 6) is 0.692. The SMILES string of the molecule is Cc1ccc(C)c(N(C(=O)[C@H]2CC(=O)N(CC3CC3)C2)C(C)C)c1. The summed E-state index contributed by atoms with van der Waals surface area (Å²) in [7, 11) is 0. The molecule has 1 aliphatic heterocycles. The Hall–Kier alpha value is -1.84. The van der Waals surface area contributed by atoms with Crippen LogP contribution in [-0.4, -0.2) is 35.8 Å². The molecule has 2 amide bonds. The van der Waals surface area contributed by atoms with Crippen LogP contribution in [0.25, 0.3) is 0 Å². The molecule has 0 unspecified atom stereocenters. The van der Waals surface area contributed by atoms with Crippen molar-refractivity contribution < 1.29 is 9.59 Å². The molecule has 0 radical (unpaired) electrons. The Morgan fingerprint density at radius 2 is 2.00 bits per heavy atom. The first-order valence-corrected chi connectivity index (χ1v) is 9.05. The van der Waals surface area contributed by atoms with E-state index in [9.17, 15) is 9.59 Å². The lowest BCUT2D eigenvalue weighted by Crippen LogP contribution is -2.42. The first-order valence-electron chi connectivity index (χ1n) is 9.05. The molecule has 1 aliphatic carbocycles. The Morgan fingerprint density at radius 3 is 2.62 bits per heavy atom. The van der Waals surface area contributed by atoms with Gasteiger partial charge in [-0.15, -0.1) is 0 Å². The van der Waals surface area contributed by atoms with Gasteiger partial charge in [0.2, 0.25) is 11.8 Å². The molecule has 2 aliphatic rings. The minimum Gasteiger partial charge on any atom is -0.342 e. The van der Waals surface area contributed by atoms with Gasteiger partial charge < -0.3 is 9.80 Å². The number of nitrogens with zero attached hydrogens (tertiary/aromatic N) is 2. The smallest absolute Gasteiger partial charge is 0.232 e. The van der Waals surface area contributed by atoms with E-state index in [2.05, 4.69) is 18.2 Å². The minimum atomic E-state index is -0.210. The largest absolute Gasteiger partial charge is 0.342 e. The Bertz CT molecular complexity index is 649. The maximum Gasteiger partial charge on any atom is 0.232 e. The van der Waals surface area contributed by atoms with Gasteiger partial charge in [-0.2, -0.15) is 0 Å². The summed E-state index contributed by atoms with van der Waals surface area (Å²) in [5, 5.41) is 0. The average Bonchev–Trinajstić information content (AvgIpc) is 3.25. The Morgan fingerprint density at radius 1 is 1.29 bits per heavy atom. The third-order valence-corrected chi connectivity index (χ3v) is 5.12. The summed E-state index contributed by atoms with van der Waals surface area (Å²) < 4.78 is 0. The van der Waals surface area contributed by atoms with E-state index in [0.29, 0.717) is 18.9 Å². The number of hydrogen-bond donors (Lipinski definition) is 0. The van der Waals surface area contributed by atoms with Crippen molar-refractivity contribution in [1.29, 1.82) is 0 Å². The highest BCUT2D eigenvalue weighted by atomic mass is 16.2. The van der Waals surface area contributed by atoms with Gasteiger partial charge in [0.1, 0.15) is 0 Å². The number of anilines is 1. The molecule has 3 rings (SSSR count). The normalized spacial score (nSPS) is 20.8. The van der Waals surface area contributed by atoms with Crippen LogP contribution in [0.1, 0.15) is 44.2 Å². The van der Waals surface area contributed by atoms with Crippen molar-refractivity contribution in [2.75, 3.05) is 18.0 Å². The summed E-state index contributed by atoms with van der Waals surface area (Å²) in [5.41, 5.74) is 3.22. The highest BCUT2D eigenvalue weighted by Gasteiger charge is 2.39. The molecule has 4 nitrogen and oxygen atoms in total. The lowest BCUT2D eigenvalue weighted by molar-refractivity contribution is -0.128. The number of hydrogen-bond acceptors (Lipinski definition) is 2. The van der Waals surface area contributed by atoms with Crippen LogP contribution in [-0.2, 0) is 9.59 Å². The van der Waals surface area contributed by atoms with Crippen molar-refractivity contribution in [3.63, 3.8) is 0 Å². The molecule has 0 spiro atoms.